The second kappa shape index (κ2) is 6.12. The molecular formula is C14H6N2O8-2. The number of nitrogens with zero attached hydrogens (tertiary/aromatic N) is 2. The van der Waals surface area contributed by atoms with Gasteiger partial charge in [0.15, 0.2) is 0 Å². The summed E-state index contributed by atoms with van der Waals surface area (Å²) in [6, 6.07) is 6.21. The third-order valence-corrected chi connectivity index (χ3v) is 3.18. The van der Waals surface area contributed by atoms with Crippen LogP contribution in [0.15, 0.2) is 36.4 Å². The van der Waals surface area contributed by atoms with E-state index >= 15 is 0 Å². The van der Waals surface area contributed by atoms with Crippen LogP contribution < -0.4 is 10.2 Å². The van der Waals surface area contributed by atoms with Gasteiger partial charge in [-0.2, -0.15) is 0 Å². The number of hydrogen-bond acceptors (Lipinski definition) is 8. The molecule has 0 heterocycles. The second-order valence-corrected chi connectivity index (χ2v) is 4.49. The predicted octanol–water partition coefficient (Wildman–Crippen LogP) is -0.103. The van der Waals surface area contributed by atoms with Crippen LogP contribution in [0.3, 0.4) is 0 Å². The minimum absolute atomic E-state index is 0.396. The van der Waals surface area contributed by atoms with Crippen LogP contribution in [0, 0.1) is 20.2 Å². The van der Waals surface area contributed by atoms with E-state index in [1.165, 1.54) is 0 Å². The Labute approximate surface area is 132 Å². The molecule has 0 spiro atoms. The average molecular weight is 330 g/mol. The van der Waals surface area contributed by atoms with Gasteiger partial charge >= 0.3 is 0 Å². The van der Waals surface area contributed by atoms with Crippen LogP contribution >= 0.6 is 0 Å². The molecule has 10 heteroatoms. The third-order valence-electron chi connectivity index (χ3n) is 3.18. The van der Waals surface area contributed by atoms with Gasteiger partial charge in [0.2, 0.25) is 0 Å². The Morgan fingerprint density at radius 2 is 1.04 bits per heavy atom. The lowest BCUT2D eigenvalue weighted by atomic mass is 9.93. The molecule has 0 amide bonds. The number of aromatic carboxylic acids is 2. The number of carboxylic acids is 2. The summed E-state index contributed by atoms with van der Waals surface area (Å²) in [4.78, 5) is 42.6. The highest BCUT2D eigenvalue weighted by Gasteiger charge is 2.25. The molecule has 122 valence electrons. The Hall–Kier alpha value is -3.82. The molecule has 0 fully saturated rings. The Morgan fingerprint density at radius 1 is 0.708 bits per heavy atom. The fourth-order valence-electron chi connectivity index (χ4n) is 2.26. The summed E-state index contributed by atoms with van der Waals surface area (Å²) in [5.41, 5.74) is -4.22. The molecule has 0 aromatic heterocycles. The van der Waals surface area contributed by atoms with Crippen molar-refractivity contribution in [2.24, 2.45) is 0 Å². The van der Waals surface area contributed by atoms with Gasteiger partial charge in [-0.15, -0.1) is 0 Å². The van der Waals surface area contributed by atoms with E-state index in [2.05, 4.69) is 0 Å². The molecule has 0 aliphatic rings. The Balaban J connectivity index is 2.93. The molecule has 0 N–H and O–H groups in total. The first-order valence-electron chi connectivity index (χ1n) is 6.23. The van der Waals surface area contributed by atoms with Crippen LogP contribution in [0.5, 0.6) is 0 Å². The lowest BCUT2D eigenvalue weighted by molar-refractivity contribution is -0.386. The topological polar surface area (TPSA) is 167 Å². The fourth-order valence-corrected chi connectivity index (χ4v) is 2.26. The minimum atomic E-state index is -1.92. The molecular weight excluding hydrogens is 324 g/mol. The molecule has 2 aromatic carbocycles. The van der Waals surface area contributed by atoms with Crippen molar-refractivity contribution >= 4 is 23.3 Å². The highest BCUT2D eigenvalue weighted by atomic mass is 16.6. The lowest BCUT2D eigenvalue weighted by Crippen LogP contribution is -2.26. The van der Waals surface area contributed by atoms with E-state index in [0.717, 1.165) is 36.4 Å². The van der Waals surface area contributed by atoms with Crippen molar-refractivity contribution in [3.05, 3.63) is 67.8 Å². The number of benzene rings is 2. The summed E-state index contributed by atoms with van der Waals surface area (Å²) >= 11 is 0. The van der Waals surface area contributed by atoms with Gasteiger partial charge in [-0.1, -0.05) is 24.3 Å². The van der Waals surface area contributed by atoms with Crippen molar-refractivity contribution in [1.29, 1.82) is 0 Å². The summed E-state index contributed by atoms with van der Waals surface area (Å²) in [6.45, 7) is 0. The van der Waals surface area contributed by atoms with Gasteiger partial charge < -0.3 is 19.8 Å². The van der Waals surface area contributed by atoms with Crippen molar-refractivity contribution < 1.29 is 29.6 Å². The van der Waals surface area contributed by atoms with Crippen LogP contribution in [-0.4, -0.2) is 21.8 Å². The van der Waals surface area contributed by atoms with E-state index in [9.17, 15) is 40.0 Å². The lowest BCUT2D eigenvalue weighted by Gasteiger charge is -2.15. The molecule has 2 rings (SSSR count). The van der Waals surface area contributed by atoms with Gasteiger partial charge in [0.05, 0.1) is 32.9 Å². The summed E-state index contributed by atoms with van der Waals surface area (Å²) in [6.07, 6.45) is 0. The van der Waals surface area contributed by atoms with E-state index in [1.54, 1.807) is 0 Å². The van der Waals surface area contributed by atoms with E-state index in [1.807, 2.05) is 0 Å². The van der Waals surface area contributed by atoms with Crippen LogP contribution in [0.2, 0.25) is 0 Å². The summed E-state index contributed by atoms with van der Waals surface area (Å²) in [7, 11) is 0. The van der Waals surface area contributed by atoms with Crippen LogP contribution in [-0.2, 0) is 0 Å². The van der Waals surface area contributed by atoms with E-state index in [4.69, 9.17) is 0 Å². The van der Waals surface area contributed by atoms with Gasteiger partial charge in [-0.25, -0.2) is 0 Å². The zero-order valence-corrected chi connectivity index (χ0v) is 11.6. The standard InChI is InChI=1S/C14H8N2O8/c17-13(18)11-7(3-1-5-9(11)15(21)22)8-4-2-6-10(16(23)24)12(8)14(19)20/h1-6H,(H,17,18)(H,19,20)/p-2. The SMILES string of the molecule is O=C([O-])c1c(-c2cccc([N+](=O)[O-])c2C(=O)[O-])cccc1[N+](=O)[O-]. The number of carboxylic acid groups (broad SMARTS) is 2. The second-order valence-electron chi connectivity index (χ2n) is 4.49. The van der Waals surface area contributed by atoms with E-state index in [-0.39, 0.29) is 0 Å². The maximum Gasteiger partial charge on any atom is 0.279 e. The van der Waals surface area contributed by atoms with Gasteiger partial charge in [0.1, 0.15) is 0 Å². The Kier molecular flexibility index (Phi) is 4.22. The summed E-state index contributed by atoms with van der Waals surface area (Å²) < 4.78 is 0. The van der Waals surface area contributed by atoms with Crippen molar-refractivity contribution in [3.63, 3.8) is 0 Å². The molecule has 0 aliphatic heterocycles. The average Bonchev–Trinajstić information content (AvgIpc) is 2.52. The van der Waals surface area contributed by atoms with Gasteiger partial charge in [-0.3, -0.25) is 20.2 Å². The van der Waals surface area contributed by atoms with Crippen molar-refractivity contribution in [1.82, 2.24) is 0 Å². The van der Waals surface area contributed by atoms with Crippen molar-refractivity contribution in [2.75, 3.05) is 0 Å². The molecule has 0 saturated heterocycles. The third kappa shape index (κ3) is 2.75. The largest absolute Gasteiger partial charge is 0.545 e. The molecule has 0 bridgehead atoms. The quantitative estimate of drug-likeness (QED) is 0.540. The molecule has 10 nitrogen and oxygen atoms in total. The van der Waals surface area contributed by atoms with E-state index < -0.39 is 55.4 Å². The number of carbonyl (C=O) groups is 2. The predicted molar refractivity (Wildman–Crippen MR) is 73.8 cm³/mol. The van der Waals surface area contributed by atoms with Crippen molar-refractivity contribution in [3.8, 4) is 11.1 Å². The minimum Gasteiger partial charge on any atom is -0.545 e. The maximum atomic E-state index is 11.3. The molecule has 0 unspecified atom stereocenters. The number of rotatable bonds is 5. The number of carbonyl (C=O) groups excluding carboxylic acids is 2. The molecule has 24 heavy (non-hydrogen) atoms. The van der Waals surface area contributed by atoms with Crippen LogP contribution in [0.25, 0.3) is 11.1 Å². The highest BCUT2D eigenvalue weighted by molar-refractivity contribution is 6.05. The first-order valence-corrected chi connectivity index (χ1v) is 6.23. The molecule has 0 saturated carbocycles. The first kappa shape index (κ1) is 16.5. The smallest absolute Gasteiger partial charge is 0.279 e. The number of nitro benzene ring substituents is 2. The Bertz CT molecular complexity index is 817. The zero-order valence-electron chi connectivity index (χ0n) is 11.6. The van der Waals surface area contributed by atoms with Crippen molar-refractivity contribution in [2.45, 2.75) is 0 Å². The zero-order chi connectivity index (χ0) is 18.0. The van der Waals surface area contributed by atoms with Gasteiger partial charge in [0, 0.05) is 12.1 Å². The number of nitro groups is 2. The molecule has 0 radical (unpaired) electrons. The first-order chi connectivity index (χ1) is 11.3. The Morgan fingerprint density at radius 3 is 1.29 bits per heavy atom. The summed E-state index contributed by atoms with van der Waals surface area (Å²) in [5, 5.41) is 44.6. The maximum absolute atomic E-state index is 11.3. The fraction of sp³-hybridized carbons (Fsp3) is 0. The summed E-state index contributed by atoms with van der Waals surface area (Å²) in [5.74, 6) is -3.85. The highest BCUT2D eigenvalue weighted by Crippen LogP contribution is 2.35. The van der Waals surface area contributed by atoms with Gasteiger partial charge in [0.25, 0.3) is 11.4 Å². The van der Waals surface area contributed by atoms with E-state index in [0.29, 0.717) is 0 Å². The normalized spacial score (nSPS) is 10.2. The monoisotopic (exact) mass is 330 g/mol. The van der Waals surface area contributed by atoms with Crippen LogP contribution in [0.1, 0.15) is 20.7 Å². The van der Waals surface area contributed by atoms with Crippen LogP contribution in [0.4, 0.5) is 11.4 Å². The number of hydrogen-bond donors (Lipinski definition) is 0. The van der Waals surface area contributed by atoms with Gasteiger partial charge in [-0.05, 0) is 11.1 Å². The molecule has 0 aliphatic carbocycles. The molecule has 2 aromatic rings. The molecule has 0 atom stereocenters.